The second-order valence-corrected chi connectivity index (χ2v) is 10.0. The average molecular weight is 491 g/mol. The van der Waals surface area contributed by atoms with Crippen LogP contribution in [0.5, 0.6) is 0 Å². The number of pyridine rings is 1. The van der Waals surface area contributed by atoms with Gasteiger partial charge in [-0.15, -0.1) is 0 Å². The smallest absolute Gasteiger partial charge is 0.355 e. The fourth-order valence-electron chi connectivity index (χ4n) is 3.30. The SMILES string of the molecule is CN(C)S(=O)(=O)c1ccc(Cl)c(C(=O)N2CCCN(c3ccc(C(F)(F)F)cn3)CC2)c1. The molecular formula is C20H22ClF3N4O3S. The Morgan fingerprint density at radius 2 is 1.81 bits per heavy atom. The zero-order chi connectivity index (χ0) is 23.7. The van der Waals surface area contributed by atoms with Crippen LogP contribution in [0.15, 0.2) is 41.4 Å². The molecule has 7 nitrogen and oxygen atoms in total. The van der Waals surface area contributed by atoms with Gasteiger partial charge in [-0.25, -0.2) is 17.7 Å². The molecule has 0 N–H and O–H groups in total. The Balaban J connectivity index is 1.76. The molecule has 0 saturated carbocycles. The molecule has 1 aromatic heterocycles. The van der Waals surface area contributed by atoms with Crippen LogP contribution in [0.4, 0.5) is 19.0 Å². The van der Waals surface area contributed by atoms with E-state index in [4.69, 9.17) is 11.6 Å². The number of benzene rings is 1. The summed E-state index contributed by atoms with van der Waals surface area (Å²) in [5, 5.41) is 0.137. The van der Waals surface area contributed by atoms with Crippen LogP contribution >= 0.6 is 11.6 Å². The number of halogens is 4. The number of amides is 1. The van der Waals surface area contributed by atoms with Gasteiger partial charge in [-0.2, -0.15) is 13.2 Å². The van der Waals surface area contributed by atoms with E-state index in [2.05, 4.69) is 4.98 Å². The van der Waals surface area contributed by atoms with E-state index in [0.717, 1.165) is 16.6 Å². The van der Waals surface area contributed by atoms with Crippen LogP contribution in [0.25, 0.3) is 0 Å². The van der Waals surface area contributed by atoms with Crippen molar-refractivity contribution >= 4 is 33.3 Å². The maximum Gasteiger partial charge on any atom is 0.417 e. The number of sulfonamides is 1. The van der Waals surface area contributed by atoms with E-state index in [1.807, 2.05) is 4.90 Å². The summed E-state index contributed by atoms with van der Waals surface area (Å²) in [6.45, 7) is 1.53. The van der Waals surface area contributed by atoms with Crippen LogP contribution in [0.2, 0.25) is 5.02 Å². The van der Waals surface area contributed by atoms with Gasteiger partial charge in [0.25, 0.3) is 5.91 Å². The van der Waals surface area contributed by atoms with Gasteiger partial charge in [0, 0.05) is 46.5 Å². The van der Waals surface area contributed by atoms with Crippen molar-refractivity contribution in [1.82, 2.24) is 14.2 Å². The molecule has 2 heterocycles. The van der Waals surface area contributed by atoms with Gasteiger partial charge in [0.05, 0.1) is 21.0 Å². The lowest BCUT2D eigenvalue weighted by Gasteiger charge is -2.23. The van der Waals surface area contributed by atoms with Crippen LogP contribution in [-0.4, -0.2) is 68.8 Å². The van der Waals surface area contributed by atoms with Crippen molar-refractivity contribution in [2.24, 2.45) is 0 Å². The third kappa shape index (κ3) is 5.16. The summed E-state index contributed by atoms with van der Waals surface area (Å²) in [6, 6.07) is 6.27. The number of hydrogen-bond acceptors (Lipinski definition) is 5. The van der Waals surface area contributed by atoms with Crippen molar-refractivity contribution in [3.8, 4) is 0 Å². The highest BCUT2D eigenvalue weighted by Gasteiger charge is 2.31. The Morgan fingerprint density at radius 3 is 2.41 bits per heavy atom. The lowest BCUT2D eigenvalue weighted by Crippen LogP contribution is -2.35. The van der Waals surface area contributed by atoms with Crippen LogP contribution in [0, 0.1) is 0 Å². The summed E-state index contributed by atoms with van der Waals surface area (Å²) in [4.78, 5) is 20.3. The fourth-order valence-corrected chi connectivity index (χ4v) is 4.43. The summed E-state index contributed by atoms with van der Waals surface area (Å²) in [7, 11) is -0.953. The highest BCUT2D eigenvalue weighted by Crippen LogP contribution is 2.30. The third-order valence-electron chi connectivity index (χ3n) is 5.13. The van der Waals surface area contributed by atoms with Crippen LogP contribution < -0.4 is 4.90 Å². The quantitative estimate of drug-likeness (QED) is 0.657. The molecular weight excluding hydrogens is 469 g/mol. The highest BCUT2D eigenvalue weighted by molar-refractivity contribution is 7.89. The first-order chi connectivity index (χ1) is 14.9. The lowest BCUT2D eigenvalue weighted by molar-refractivity contribution is -0.137. The molecule has 174 valence electrons. The molecule has 1 aliphatic rings. The first-order valence-corrected chi connectivity index (χ1v) is 11.5. The number of rotatable bonds is 4. The molecule has 1 aliphatic heterocycles. The molecule has 3 rings (SSSR count). The summed E-state index contributed by atoms with van der Waals surface area (Å²) in [5.41, 5.74) is -0.745. The topological polar surface area (TPSA) is 73.8 Å². The van der Waals surface area contributed by atoms with Crippen LogP contribution in [-0.2, 0) is 16.2 Å². The number of hydrogen-bond donors (Lipinski definition) is 0. The minimum Gasteiger partial charge on any atom is -0.355 e. The first-order valence-electron chi connectivity index (χ1n) is 9.71. The van der Waals surface area contributed by atoms with Gasteiger partial charge in [0.15, 0.2) is 0 Å². The first kappa shape index (κ1) is 24.3. The van der Waals surface area contributed by atoms with Gasteiger partial charge in [-0.3, -0.25) is 4.79 Å². The van der Waals surface area contributed by atoms with Crippen molar-refractivity contribution in [2.75, 3.05) is 45.2 Å². The van der Waals surface area contributed by atoms with Crippen molar-refractivity contribution in [3.05, 3.63) is 52.7 Å². The number of carbonyl (C=O) groups is 1. The molecule has 0 atom stereocenters. The minimum absolute atomic E-state index is 0.0411. The monoisotopic (exact) mass is 490 g/mol. The number of nitrogens with zero attached hydrogens (tertiary/aromatic N) is 4. The number of alkyl halides is 3. The molecule has 0 spiro atoms. The zero-order valence-electron chi connectivity index (χ0n) is 17.4. The minimum atomic E-state index is -4.46. The Labute approximate surface area is 189 Å². The number of carbonyl (C=O) groups excluding carboxylic acids is 1. The third-order valence-corrected chi connectivity index (χ3v) is 7.27. The normalized spacial score (nSPS) is 15.7. The Kier molecular flexibility index (Phi) is 7.01. The van der Waals surface area contributed by atoms with E-state index in [0.29, 0.717) is 31.9 Å². The van der Waals surface area contributed by atoms with E-state index in [-0.39, 0.29) is 22.0 Å². The van der Waals surface area contributed by atoms with Gasteiger partial charge in [0.1, 0.15) is 5.82 Å². The Morgan fingerprint density at radius 1 is 1.09 bits per heavy atom. The summed E-state index contributed by atoms with van der Waals surface area (Å²) >= 11 is 6.19. The van der Waals surface area contributed by atoms with Gasteiger partial charge in [-0.1, -0.05) is 11.6 Å². The Hall–Kier alpha value is -2.37. The standard InChI is InChI=1S/C20H22ClF3N4O3S/c1-26(2)32(30,31)15-5-6-17(21)16(12-15)19(29)28-9-3-8-27(10-11-28)18-7-4-14(13-25-18)20(22,23)24/h4-7,12-13H,3,8-11H2,1-2H3. The maximum atomic E-state index is 13.1. The number of anilines is 1. The van der Waals surface area contributed by atoms with Gasteiger partial charge < -0.3 is 9.80 Å². The molecule has 0 unspecified atom stereocenters. The van der Waals surface area contributed by atoms with E-state index < -0.39 is 27.7 Å². The summed E-state index contributed by atoms with van der Waals surface area (Å²) < 4.78 is 64.1. The number of aromatic nitrogens is 1. The molecule has 0 aliphatic carbocycles. The van der Waals surface area contributed by atoms with Gasteiger partial charge >= 0.3 is 6.18 Å². The molecule has 1 fully saturated rings. The molecule has 1 saturated heterocycles. The predicted octanol–water partition coefficient (Wildman–Crippen LogP) is 3.36. The molecule has 0 bridgehead atoms. The molecule has 1 aromatic carbocycles. The van der Waals surface area contributed by atoms with Crippen molar-refractivity contribution < 1.29 is 26.4 Å². The van der Waals surface area contributed by atoms with E-state index in [1.54, 1.807) is 4.90 Å². The molecule has 2 aromatic rings. The fraction of sp³-hybridized carbons (Fsp3) is 0.400. The zero-order valence-corrected chi connectivity index (χ0v) is 19.0. The largest absolute Gasteiger partial charge is 0.417 e. The Bertz CT molecular complexity index is 1090. The van der Waals surface area contributed by atoms with E-state index in [1.165, 1.54) is 38.4 Å². The van der Waals surface area contributed by atoms with Crippen LogP contribution in [0.1, 0.15) is 22.3 Å². The van der Waals surface area contributed by atoms with Crippen molar-refractivity contribution in [2.45, 2.75) is 17.5 Å². The van der Waals surface area contributed by atoms with Gasteiger partial charge in [-0.05, 0) is 36.8 Å². The van der Waals surface area contributed by atoms with Crippen molar-refractivity contribution in [3.63, 3.8) is 0 Å². The predicted molar refractivity (Wildman–Crippen MR) is 114 cm³/mol. The molecule has 12 heteroatoms. The van der Waals surface area contributed by atoms with Crippen LogP contribution in [0.3, 0.4) is 0 Å². The summed E-state index contributed by atoms with van der Waals surface area (Å²) in [6.07, 6.45) is -3.11. The second kappa shape index (κ2) is 9.24. The van der Waals surface area contributed by atoms with Gasteiger partial charge in [0.2, 0.25) is 10.0 Å². The van der Waals surface area contributed by atoms with E-state index in [9.17, 15) is 26.4 Å². The average Bonchev–Trinajstić information content (AvgIpc) is 2.99. The van der Waals surface area contributed by atoms with Crippen molar-refractivity contribution in [1.29, 1.82) is 0 Å². The second-order valence-electron chi connectivity index (χ2n) is 7.46. The molecule has 0 radical (unpaired) electrons. The molecule has 32 heavy (non-hydrogen) atoms. The maximum absolute atomic E-state index is 13.1. The molecule has 1 amide bonds. The highest BCUT2D eigenvalue weighted by atomic mass is 35.5. The van der Waals surface area contributed by atoms with E-state index >= 15 is 0 Å². The lowest BCUT2D eigenvalue weighted by atomic mass is 10.2. The summed E-state index contributed by atoms with van der Waals surface area (Å²) in [5.74, 6) is -0.0163.